The zero-order chi connectivity index (χ0) is 20.8. The SMILES string of the molecule is COc1ccc(-c2cc(/C=C/c3ccccc3)c(C#N)c(N3CCCCC3)c2)cc1. The second-order valence-electron chi connectivity index (χ2n) is 7.59. The second kappa shape index (κ2) is 9.33. The van der Waals surface area contributed by atoms with Gasteiger partial charge in [0.2, 0.25) is 0 Å². The average Bonchev–Trinajstić information content (AvgIpc) is 2.83. The molecule has 1 aliphatic heterocycles. The maximum Gasteiger partial charge on any atom is 0.118 e. The summed E-state index contributed by atoms with van der Waals surface area (Å²) in [6.45, 7) is 2.01. The Morgan fingerprint density at radius 2 is 1.60 bits per heavy atom. The molecule has 0 radical (unpaired) electrons. The van der Waals surface area contributed by atoms with E-state index in [1.807, 2.05) is 30.3 Å². The van der Waals surface area contributed by atoms with Gasteiger partial charge >= 0.3 is 0 Å². The molecule has 0 aromatic heterocycles. The molecule has 0 saturated carbocycles. The van der Waals surface area contributed by atoms with E-state index in [0.29, 0.717) is 0 Å². The third-order valence-electron chi connectivity index (χ3n) is 5.63. The van der Waals surface area contributed by atoms with Crippen molar-refractivity contribution in [3.05, 3.63) is 83.4 Å². The van der Waals surface area contributed by atoms with Crippen LogP contribution in [0.25, 0.3) is 23.3 Å². The Balaban J connectivity index is 1.81. The van der Waals surface area contributed by atoms with E-state index in [0.717, 1.165) is 52.3 Å². The molecule has 30 heavy (non-hydrogen) atoms. The summed E-state index contributed by atoms with van der Waals surface area (Å²) in [5.74, 6) is 0.841. The third kappa shape index (κ3) is 4.39. The summed E-state index contributed by atoms with van der Waals surface area (Å²) in [6, 6.07) is 25.1. The van der Waals surface area contributed by atoms with Gasteiger partial charge in [-0.05, 0) is 65.8 Å². The summed E-state index contributed by atoms with van der Waals surface area (Å²) in [5.41, 5.74) is 6.10. The second-order valence-corrected chi connectivity index (χ2v) is 7.59. The van der Waals surface area contributed by atoms with Crippen molar-refractivity contribution >= 4 is 17.8 Å². The van der Waals surface area contributed by atoms with Crippen LogP contribution in [0.1, 0.15) is 36.0 Å². The van der Waals surface area contributed by atoms with Crippen LogP contribution in [0.2, 0.25) is 0 Å². The molecule has 0 aliphatic carbocycles. The Hall–Kier alpha value is -3.51. The summed E-state index contributed by atoms with van der Waals surface area (Å²) in [6.07, 6.45) is 7.75. The zero-order valence-electron chi connectivity index (χ0n) is 17.3. The molecule has 1 heterocycles. The van der Waals surface area contributed by atoms with Gasteiger partial charge in [0, 0.05) is 13.1 Å². The van der Waals surface area contributed by atoms with E-state index in [2.05, 4.69) is 59.5 Å². The van der Waals surface area contributed by atoms with Crippen LogP contribution in [0.3, 0.4) is 0 Å². The van der Waals surface area contributed by atoms with E-state index < -0.39 is 0 Å². The first-order valence-electron chi connectivity index (χ1n) is 10.5. The predicted octanol–water partition coefficient (Wildman–Crippen LogP) is 6.39. The van der Waals surface area contributed by atoms with E-state index in [-0.39, 0.29) is 0 Å². The smallest absolute Gasteiger partial charge is 0.118 e. The van der Waals surface area contributed by atoms with Gasteiger partial charge in [-0.1, -0.05) is 54.6 Å². The Bertz CT molecular complexity index is 1060. The lowest BCUT2D eigenvalue weighted by molar-refractivity contribution is 0.415. The number of hydrogen-bond donors (Lipinski definition) is 0. The van der Waals surface area contributed by atoms with Crippen molar-refractivity contribution in [1.82, 2.24) is 0 Å². The predicted molar refractivity (Wildman–Crippen MR) is 125 cm³/mol. The quantitative estimate of drug-likeness (QED) is 0.470. The van der Waals surface area contributed by atoms with Gasteiger partial charge in [-0.3, -0.25) is 0 Å². The van der Waals surface area contributed by atoms with Crippen LogP contribution in [0.4, 0.5) is 5.69 Å². The Labute approximate surface area is 178 Å². The van der Waals surface area contributed by atoms with Crippen molar-refractivity contribution in [3.8, 4) is 22.9 Å². The van der Waals surface area contributed by atoms with Crippen molar-refractivity contribution in [2.75, 3.05) is 25.1 Å². The molecular weight excluding hydrogens is 368 g/mol. The molecule has 0 amide bonds. The molecule has 1 saturated heterocycles. The number of hydrogen-bond acceptors (Lipinski definition) is 3. The van der Waals surface area contributed by atoms with Crippen LogP contribution in [0.5, 0.6) is 5.75 Å². The molecule has 1 aliphatic rings. The molecule has 3 nitrogen and oxygen atoms in total. The fourth-order valence-corrected chi connectivity index (χ4v) is 3.99. The summed E-state index contributed by atoms with van der Waals surface area (Å²) in [5, 5.41) is 10.0. The number of piperidine rings is 1. The van der Waals surface area contributed by atoms with E-state index in [1.165, 1.54) is 19.3 Å². The highest BCUT2D eigenvalue weighted by atomic mass is 16.5. The van der Waals surface area contributed by atoms with Gasteiger partial charge in [0.05, 0.1) is 18.4 Å². The van der Waals surface area contributed by atoms with Crippen molar-refractivity contribution in [2.24, 2.45) is 0 Å². The molecule has 0 spiro atoms. The van der Waals surface area contributed by atoms with Crippen molar-refractivity contribution < 1.29 is 4.74 Å². The third-order valence-corrected chi connectivity index (χ3v) is 5.63. The minimum atomic E-state index is 0.751. The first-order valence-corrected chi connectivity index (χ1v) is 10.5. The van der Waals surface area contributed by atoms with Gasteiger partial charge in [0.1, 0.15) is 11.8 Å². The lowest BCUT2D eigenvalue weighted by Gasteiger charge is -2.30. The molecule has 3 heteroatoms. The molecule has 150 valence electrons. The van der Waals surface area contributed by atoms with Crippen LogP contribution in [0.15, 0.2) is 66.7 Å². The van der Waals surface area contributed by atoms with Crippen molar-refractivity contribution in [2.45, 2.75) is 19.3 Å². The standard InChI is InChI=1S/C27H26N2O/c1-30-25-14-12-22(13-15-25)24-18-23(11-10-21-8-4-2-5-9-21)26(20-28)27(19-24)29-16-6-3-7-17-29/h2,4-5,8-15,18-19H,3,6-7,16-17H2,1H3/b11-10+. The molecule has 3 aromatic carbocycles. The van der Waals surface area contributed by atoms with Gasteiger partial charge in [-0.15, -0.1) is 0 Å². The minimum Gasteiger partial charge on any atom is -0.497 e. The lowest BCUT2D eigenvalue weighted by Crippen LogP contribution is -2.30. The number of nitrogens with zero attached hydrogens (tertiary/aromatic N) is 2. The molecule has 0 unspecified atom stereocenters. The maximum atomic E-state index is 10.0. The van der Waals surface area contributed by atoms with E-state index in [1.54, 1.807) is 7.11 Å². The highest BCUT2D eigenvalue weighted by Crippen LogP contribution is 2.34. The van der Waals surface area contributed by atoms with E-state index >= 15 is 0 Å². The van der Waals surface area contributed by atoms with Crippen LogP contribution in [-0.2, 0) is 0 Å². The minimum absolute atomic E-state index is 0.751. The van der Waals surface area contributed by atoms with E-state index in [4.69, 9.17) is 4.74 Å². The fourth-order valence-electron chi connectivity index (χ4n) is 3.99. The Morgan fingerprint density at radius 3 is 2.27 bits per heavy atom. The fraction of sp³-hybridized carbons (Fsp3) is 0.222. The molecule has 0 atom stereocenters. The summed E-state index contributed by atoms with van der Waals surface area (Å²) >= 11 is 0. The monoisotopic (exact) mass is 394 g/mol. The van der Waals surface area contributed by atoms with Crippen LogP contribution in [0, 0.1) is 11.3 Å². The van der Waals surface area contributed by atoms with Crippen molar-refractivity contribution in [1.29, 1.82) is 5.26 Å². The van der Waals surface area contributed by atoms with Gasteiger partial charge in [-0.2, -0.15) is 5.26 Å². The number of anilines is 1. The van der Waals surface area contributed by atoms with Crippen LogP contribution >= 0.6 is 0 Å². The highest BCUT2D eigenvalue weighted by Gasteiger charge is 2.18. The molecule has 0 N–H and O–H groups in total. The first kappa shape index (κ1) is 19.8. The molecule has 4 rings (SSSR count). The molecule has 3 aromatic rings. The highest BCUT2D eigenvalue weighted by molar-refractivity contribution is 5.83. The van der Waals surface area contributed by atoms with Gasteiger partial charge < -0.3 is 9.64 Å². The summed E-state index contributed by atoms with van der Waals surface area (Å²) in [4.78, 5) is 2.37. The normalized spacial score (nSPS) is 13.9. The Morgan fingerprint density at radius 1 is 0.867 bits per heavy atom. The lowest BCUT2D eigenvalue weighted by atomic mass is 9.95. The van der Waals surface area contributed by atoms with Crippen LogP contribution < -0.4 is 9.64 Å². The topological polar surface area (TPSA) is 36.3 Å². The van der Waals surface area contributed by atoms with Crippen molar-refractivity contribution in [3.63, 3.8) is 0 Å². The van der Waals surface area contributed by atoms with Gasteiger partial charge in [0.25, 0.3) is 0 Å². The largest absolute Gasteiger partial charge is 0.497 e. The average molecular weight is 395 g/mol. The summed E-state index contributed by atoms with van der Waals surface area (Å²) < 4.78 is 5.31. The number of rotatable bonds is 5. The summed E-state index contributed by atoms with van der Waals surface area (Å²) in [7, 11) is 1.68. The zero-order valence-corrected chi connectivity index (χ0v) is 17.3. The molecule has 0 bridgehead atoms. The van der Waals surface area contributed by atoms with E-state index in [9.17, 15) is 5.26 Å². The number of methoxy groups -OCH3 is 1. The molecular formula is C27H26N2O. The first-order chi connectivity index (χ1) is 14.8. The van der Waals surface area contributed by atoms with Crippen LogP contribution in [-0.4, -0.2) is 20.2 Å². The van der Waals surface area contributed by atoms with Gasteiger partial charge in [0.15, 0.2) is 0 Å². The number of ether oxygens (including phenoxy) is 1. The molecule has 1 fully saturated rings. The Kier molecular flexibility index (Phi) is 6.15. The number of benzene rings is 3. The maximum absolute atomic E-state index is 10.0. The number of nitriles is 1. The van der Waals surface area contributed by atoms with Gasteiger partial charge in [-0.25, -0.2) is 0 Å².